The number of likely N-dealkylation sites (tertiary alicyclic amines) is 1. The molecule has 2 aromatic carbocycles. The summed E-state index contributed by atoms with van der Waals surface area (Å²) in [6, 6.07) is 10.9. The van der Waals surface area contributed by atoms with E-state index in [1.807, 2.05) is 18.2 Å². The maximum absolute atomic E-state index is 13.3. The van der Waals surface area contributed by atoms with Crippen molar-refractivity contribution >= 4 is 27.9 Å². The summed E-state index contributed by atoms with van der Waals surface area (Å²) >= 11 is 3.53. The lowest BCUT2D eigenvalue weighted by molar-refractivity contribution is -0.0233. The molecule has 8 nitrogen and oxygen atoms in total. The molecule has 1 atom stereocenters. The van der Waals surface area contributed by atoms with Gasteiger partial charge in [-0.15, -0.1) is 0 Å². The van der Waals surface area contributed by atoms with Crippen molar-refractivity contribution < 1.29 is 28.5 Å². The van der Waals surface area contributed by atoms with Gasteiger partial charge in [0.1, 0.15) is 11.4 Å². The van der Waals surface area contributed by atoms with Crippen LogP contribution in [0.4, 0.5) is 4.79 Å². The molecule has 0 saturated carbocycles. The zero-order valence-electron chi connectivity index (χ0n) is 18.3. The van der Waals surface area contributed by atoms with Gasteiger partial charge < -0.3 is 29.2 Å². The van der Waals surface area contributed by atoms with Crippen LogP contribution in [0.15, 0.2) is 40.9 Å². The Morgan fingerprint density at radius 2 is 2.00 bits per heavy atom. The third kappa shape index (κ3) is 4.21. The fourth-order valence-corrected chi connectivity index (χ4v) is 5.11. The standard InChI is InChI=1S/C24H25BrN2O6/c1-2-30-23(29)27-10-8-24(9-11-27)13-18(17-12-15(25)6-7-19(17)33-24)26-22(28)16-4-3-5-20-21(16)32-14-31-20/h3-7,12,18H,2,8-11,13-14H2,1H3,(H,26,28)/t18-/m0/s1. The molecule has 0 aromatic heterocycles. The van der Waals surface area contributed by atoms with Crippen LogP contribution in [0.2, 0.25) is 0 Å². The highest BCUT2D eigenvalue weighted by Gasteiger charge is 2.45. The topological polar surface area (TPSA) is 86.3 Å². The fourth-order valence-electron chi connectivity index (χ4n) is 4.73. The molecule has 174 valence electrons. The van der Waals surface area contributed by atoms with Crippen LogP contribution in [0.5, 0.6) is 17.2 Å². The maximum atomic E-state index is 13.3. The number of amides is 2. The lowest BCUT2D eigenvalue weighted by Crippen LogP contribution is -2.53. The number of fused-ring (bicyclic) bond motifs is 2. The van der Waals surface area contributed by atoms with Gasteiger partial charge in [-0.05, 0) is 37.3 Å². The number of hydrogen-bond donors (Lipinski definition) is 1. The van der Waals surface area contributed by atoms with Crippen LogP contribution in [0.25, 0.3) is 0 Å². The van der Waals surface area contributed by atoms with Gasteiger partial charge in [0.05, 0.1) is 18.2 Å². The van der Waals surface area contributed by atoms with Crippen molar-refractivity contribution in [1.29, 1.82) is 0 Å². The Morgan fingerprint density at radius 3 is 2.79 bits per heavy atom. The fraction of sp³-hybridized carbons (Fsp3) is 0.417. The summed E-state index contributed by atoms with van der Waals surface area (Å²) in [6.45, 7) is 3.35. The van der Waals surface area contributed by atoms with Crippen LogP contribution < -0.4 is 19.5 Å². The molecule has 33 heavy (non-hydrogen) atoms. The molecule has 9 heteroatoms. The summed E-state index contributed by atoms with van der Waals surface area (Å²) in [5.41, 5.74) is 0.889. The summed E-state index contributed by atoms with van der Waals surface area (Å²) in [7, 11) is 0. The van der Waals surface area contributed by atoms with Crippen LogP contribution in [0.3, 0.4) is 0 Å². The quantitative estimate of drug-likeness (QED) is 0.649. The van der Waals surface area contributed by atoms with E-state index in [2.05, 4.69) is 21.2 Å². The molecule has 2 aromatic rings. The van der Waals surface area contributed by atoms with Crippen LogP contribution in [-0.4, -0.2) is 49.0 Å². The Morgan fingerprint density at radius 1 is 1.18 bits per heavy atom. The molecule has 0 radical (unpaired) electrons. The zero-order chi connectivity index (χ0) is 23.0. The number of nitrogens with zero attached hydrogens (tertiary/aromatic N) is 1. The van der Waals surface area contributed by atoms with Crippen molar-refractivity contribution in [3.63, 3.8) is 0 Å². The first-order chi connectivity index (χ1) is 16.0. The van der Waals surface area contributed by atoms with E-state index in [0.717, 1.165) is 15.8 Å². The first-order valence-corrected chi connectivity index (χ1v) is 11.9. The largest absolute Gasteiger partial charge is 0.487 e. The Kier molecular flexibility index (Phi) is 5.82. The molecule has 1 fully saturated rings. The molecule has 0 bridgehead atoms. The van der Waals surface area contributed by atoms with E-state index in [0.29, 0.717) is 56.0 Å². The van der Waals surface area contributed by atoms with E-state index in [-0.39, 0.29) is 24.8 Å². The highest BCUT2D eigenvalue weighted by molar-refractivity contribution is 9.10. The van der Waals surface area contributed by atoms with Gasteiger partial charge in [0.25, 0.3) is 5.91 Å². The van der Waals surface area contributed by atoms with Gasteiger partial charge in [-0.1, -0.05) is 22.0 Å². The molecule has 1 N–H and O–H groups in total. The van der Waals surface area contributed by atoms with E-state index in [9.17, 15) is 9.59 Å². The molecule has 1 saturated heterocycles. The highest BCUT2D eigenvalue weighted by Crippen LogP contribution is 2.45. The summed E-state index contributed by atoms with van der Waals surface area (Å²) in [4.78, 5) is 27.1. The summed E-state index contributed by atoms with van der Waals surface area (Å²) in [5, 5.41) is 3.19. The predicted molar refractivity (Wildman–Crippen MR) is 123 cm³/mol. The molecule has 3 aliphatic heterocycles. The molecular formula is C24H25BrN2O6. The smallest absolute Gasteiger partial charge is 0.409 e. The monoisotopic (exact) mass is 516 g/mol. The number of rotatable bonds is 3. The number of carbonyl (C=O) groups is 2. The van der Waals surface area contributed by atoms with Gasteiger partial charge in [0.2, 0.25) is 6.79 Å². The third-order valence-electron chi connectivity index (χ3n) is 6.40. The number of carbonyl (C=O) groups excluding carboxylic acids is 2. The van der Waals surface area contributed by atoms with Crippen molar-refractivity contribution in [2.24, 2.45) is 0 Å². The molecule has 5 rings (SSSR count). The average molecular weight is 517 g/mol. The van der Waals surface area contributed by atoms with Crippen LogP contribution >= 0.6 is 15.9 Å². The lowest BCUT2D eigenvalue weighted by Gasteiger charge is -2.46. The second-order valence-electron chi connectivity index (χ2n) is 8.42. The van der Waals surface area contributed by atoms with E-state index in [1.165, 1.54) is 0 Å². The minimum Gasteiger partial charge on any atom is -0.487 e. The number of nitrogens with one attached hydrogen (secondary N) is 1. The molecular weight excluding hydrogens is 492 g/mol. The Bertz CT molecular complexity index is 1080. The normalized spacial score (nSPS) is 20.1. The van der Waals surface area contributed by atoms with E-state index in [4.69, 9.17) is 18.9 Å². The van der Waals surface area contributed by atoms with Gasteiger partial charge >= 0.3 is 6.09 Å². The second kappa shape index (κ2) is 8.78. The summed E-state index contributed by atoms with van der Waals surface area (Å²) in [5.74, 6) is 1.56. The number of hydrogen-bond acceptors (Lipinski definition) is 6. The highest BCUT2D eigenvalue weighted by atomic mass is 79.9. The third-order valence-corrected chi connectivity index (χ3v) is 6.89. The van der Waals surface area contributed by atoms with Crippen molar-refractivity contribution in [3.8, 4) is 17.2 Å². The van der Waals surface area contributed by atoms with Crippen molar-refractivity contribution in [1.82, 2.24) is 10.2 Å². The first kappa shape index (κ1) is 21.9. The molecule has 1 spiro atoms. The SMILES string of the molecule is CCOC(=O)N1CCC2(CC1)C[C@H](NC(=O)c1cccc3c1OCO3)c1cc(Br)ccc1O2. The van der Waals surface area contributed by atoms with Gasteiger partial charge in [-0.25, -0.2) is 4.79 Å². The number of benzene rings is 2. The van der Waals surface area contributed by atoms with E-state index < -0.39 is 5.60 Å². The van der Waals surface area contributed by atoms with Crippen LogP contribution in [0.1, 0.15) is 48.1 Å². The molecule has 0 unspecified atom stereocenters. The molecule has 3 heterocycles. The van der Waals surface area contributed by atoms with Crippen molar-refractivity contribution in [2.45, 2.75) is 37.8 Å². The van der Waals surface area contributed by atoms with E-state index >= 15 is 0 Å². The first-order valence-electron chi connectivity index (χ1n) is 11.1. The van der Waals surface area contributed by atoms with Gasteiger partial charge in [-0.3, -0.25) is 4.79 Å². The Hall–Kier alpha value is -2.94. The zero-order valence-corrected chi connectivity index (χ0v) is 19.9. The lowest BCUT2D eigenvalue weighted by atomic mass is 9.80. The molecule has 3 aliphatic rings. The summed E-state index contributed by atoms with van der Waals surface area (Å²) in [6.07, 6.45) is 1.62. The van der Waals surface area contributed by atoms with Gasteiger partial charge in [0, 0.05) is 42.4 Å². The second-order valence-corrected chi connectivity index (χ2v) is 9.34. The van der Waals surface area contributed by atoms with Gasteiger partial charge in [-0.2, -0.15) is 0 Å². The molecule has 0 aliphatic carbocycles. The predicted octanol–water partition coefficient (Wildman–Crippen LogP) is 4.42. The van der Waals surface area contributed by atoms with E-state index in [1.54, 1.807) is 30.0 Å². The van der Waals surface area contributed by atoms with Gasteiger partial charge in [0.15, 0.2) is 11.5 Å². The van der Waals surface area contributed by atoms with Crippen LogP contribution in [-0.2, 0) is 4.74 Å². The van der Waals surface area contributed by atoms with Crippen molar-refractivity contribution in [3.05, 3.63) is 52.0 Å². The Labute approximate surface area is 200 Å². The Balaban J connectivity index is 1.39. The van der Waals surface area contributed by atoms with Crippen LogP contribution in [0, 0.1) is 0 Å². The number of para-hydroxylation sites is 1. The molecule has 2 amide bonds. The number of ether oxygens (including phenoxy) is 4. The van der Waals surface area contributed by atoms with Crippen molar-refractivity contribution in [2.75, 3.05) is 26.5 Å². The minimum absolute atomic E-state index is 0.104. The average Bonchev–Trinajstić information content (AvgIpc) is 3.29. The maximum Gasteiger partial charge on any atom is 0.409 e. The number of piperidine rings is 1. The summed E-state index contributed by atoms with van der Waals surface area (Å²) < 4.78 is 23.5. The minimum atomic E-state index is -0.472. The number of halogens is 1.